The molecule has 1 saturated carbocycles. The first-order chi connectivity index (χ1) is 5.04. The van der Waals surface area contributed by atoms with E-state index in [1.165, 1.54) is 0 Å². The number of hydrogen-bond donors (Lipinski definition) is 3. The predicted octanol–water partition coefficient (Wildman–Crippen LogP) is -1.16. The van der Waals surface area contributed by atoms with Crippen molar-refractivity contribution in [3.63, 3.8) is 0 Å². The third-order valence-electron chi connectivity index (χ3n) is 2.69. The van der Waals surface area contributed by atoms with Gasteiger partial charge in [0.1, 0.15) is 6.10 Å². The van der Waals surface area contributed by atoms with Gasteiger partial charge < -0.3 is 20.1 Å². The summed E-state index contributed by atoms with van der Waals surface area (Å²) in [4.78, 5) is 0. The van der Waals surface area contributed by atoms with Crippen molar-refractivity contribution in [1.82, 2.24) is 0 Å². The highest BCUT2D eigenvalue weighted by atomic mass is 16.6. The maximum atomic E-state index is 9.33. The van der Waals surface area contributed by atoms with E-state index in [2.05, 4.69) is 0 Å². The fraction of sp³-hybridized carbons (Fsp3) is 1.00. The molecule has 5 unspecified atom stereocenters. The first-order valence-electron chi connectivity index (χ1n) is 3.76. The first-order valence-corrected chi connectivity index (χ1v) is 3.76. The van der Waals surface area contributed by atoms with Crippen LogP contribution in [0.3, 0.4) is 0 Å². The van der Waals surface area contributed by atoms with E-state index in [9.17, 15) is 5.11 Å². The van der Waals surface area contributed by atoms with Crippen LogP contribution in [0, 0.1) is 5.92 Å². The third-order valence-corrected chi connectivity index (χ3v) is 2.69. The highest BCUT2D eigenvalue weighted by Gasteiger charge is 2.62. The average molecular weight is 160 g/mol. The lowest BCUT2D eigenvalue weighted by molar-refractivity contribution is -0.248. The lowest BCUT2D eigenvalue weighted by Gasteiger charge is -2.32. The zero-order chi connectivity index (χ0) is 8.22. The molecule has 1 aliphatic heterocycles. The molecule has 0 radical (unpaired) electrons. The highest BCUT2D eigenvalue weighted by Crippen LogP contribution is 2.53. The Labute approximate surface area is 64.4 Å². The van der Waals surface area contributed by atoms with Gasteiger partial charge in [-0.2, -0.15) is 0 Å². The summed E-state index contributed by atoms with van der Waals surface area (Å²) in [6, 6.07) is 0. The molecule has 1 heterocycles. The summed E-state index contributed by atoms with van der Waals surface area (Å²) in [5.74, 6) is 0.000833. The summed E-state index contributed by atoms with van der Waals surface area (Å²) in [6.45, 7) is 1.83. The number of hydrogen-bond acceptors (Lipinski definition) is 4. The van der Waals surface area contributed by atoms with E-state index in [0.717, 1.165) is 6.42 Å². The van der Waals surface area contributed by atoms with Crippen molar-refractivity contribution in [2.45, 2.75) is 37.4 Å². The van der Waals surface area contributed by atoms with Crippen LogP contribution in [0.2, 0.25) is 0 Å². The molecule has 11 heavy (non-hydrogen) atoms. The van der Waals surface area contributed by atoms with Crippen molar-refractivity contribution in [3.05, 3.63) is 0 Å². The number of rotatable bonds is 0. The molecule has 1 aliphatic carbocycles. The minimum absolute atomic E-state index is 0.000833. The molecule has 3 N–H and O–H groups in total. The Bertz CT molecular complexity index is 181. The van der Waals surface area contributed by atoms with E-state index in [1.807, 2.05) is 6.92 Å². The summed E-state index contributed by atoms with van der Waals surface area (Å²) < 4.78 is 5.08. The van der Waals surface area contributed by atoms with Gasteiger partial charge in [0.25, 0.3) is 0 Å². The quantitative estimate of drug-likeness (QED) is 0.418. The van der Waals surface area contributed by atoms with Gasteiger partial charge in [-0.15, -0.1) is 0 Å². The molecule has 0 amide bonds. The van der Waals surface area contributed by atoms with Crippen molar-refractivity contribution in [3.8, 4) is 0 Å². The minimum atomic E-state index is -1.23. The van der Waals surface area contributed by atoms with Gasteiger partial charge in [0.05, 0.1) is 11.7 Å². The Kier molecular flexibility index (Phi) is 1.33. The van der Waals surface area contributed by atoms with Crippen LogP contribution in [0.25, 0.3) is 0 Å². The van der Waals surface area contributed by atoms with Gasteiger partial charge in [-0.3, -0.25) is 0 Å². The van der Waals surface area contributed by atoms with Crippen molar-refractivity contribution in [1.29, 1.82) is 0 Å². The Balaban J connectivity index is 2.14. The van der Waals surface area contributed by atoms with E-state index >= 15 is 0 Å². The average Bonchev–Trinajstić information content (AvgIpc) is 2.57. The normalized spacial score (nSPS) is 62.2. The monoisotopic (exact) mass is 160 g/mol. The van der Waals surface area contributed by atoms with Crippen LogP contribution in [0.5, 0.6) is 0 Å². The van der Waals surface area contributed by atoms with E-state index in [0.29, 0.717) is 0 Å². The largest absolute Gasteiger partial charge is 0.390 e. The molecule has 64 valence electrons. The Morgan fingerprint density at radius 1 is 1.27 bits per heavy atom. The molecule has 2 fully saturated rings. The van der Waals surface area contributed by atoms with Gasteiger partial charge in [0.2, 0.25) is 0 Å². The molecule has 0 aromatic rings. The summed E-state index contributed by atoms with van der Waals surface area (Å²) in [6.07, 6.45) is -2.48. The number of aliphatic hydroxyl groups is 3. The summed E-state index contributed by atoms with van der Waals surface area (Å²) >= 11 is 0. The zero-order valence-electron chi connectivity index (χ0n) is 6.27. The molecule has 0 aromatic carbocycles. The van der Waals surface area contributed by atoms with Crippen molar-refractivity contribution in [2.24, 2.45) is 5.92 Å². The summed E-state index contributed by atoms with van der Waals surface area (Å²) in [5, 5.41) is 27.5. The minimum Gasteiger partial charge on any atom is -0.390 e. The van der Waals surface area contributed by atoms with Crippen LogP contribution in [0.15, 0.2) is 0 Å². The number of aliphatic hydroxyl groups excluding tert-OH is 3. The standard InChI is InChI=1S/C7H12O4/c1-7-2-3(7)4(8)5(9)6(10)11-7/h3-6,8-10H,2H2,1H3. The predicted molar refractivity (Wildman–Crippen MR) is 35.6 cm³/mol. The molecule has 2 rings (SSSR count). The smallest absolute Gasteiger partial charge is 0.184 e. The Morgan fingerprint density at radius 2 is 1.91 bits per heavy atom. The molecular formula is C7H12O4. The van der Waals surface area contributed by atoms with Gasteiger partial charge in [-0.1, -0.05) is 0 Å². The van der Waals surface area contributed by atoms with E-state index in [-0.39, 0.29) is 5.92 Å². The fourth-order valence-corrected chi connectivity index (χ4v) is 1.75. The lowest BCUT2D eigenvalue weighted by Crippen LogP contribution is -2.48. The van der Waals surface area contributed by atoms with Gasteiger partial charge in [-0.25, -0.2) is 0 Å². The van der Waals surface area contributed by atoms with Crippen molar-refractivity contribution >= 4 is 0 Å². The lowest BCUT2D eigenvalue weighted by atomic mass is 10.0. The third kappa shape index (κ3) is 0.906. The molecule has 2 aliphatic rings. The zero-order valence-corrected chi connectivity index (χ0v) is 6.27. The van der Waals surface area contributed by atoms with Crippen LogP contribution in [-0.4, -0.2) is 39.4 Å². The SMILES string of the molecule is CC12CC1C(O)C(O)C(O)O2. The molecule has 0 aromatic heterocycles. The van der Waals surface area contributed by atoms with Crippen molar-refractivity contribution < 1.29 is 20.1 Å². The van der Waals surface area contributed by atoms with Crippen LogP contribution >= 0.6 is 0 Å². The van der Waals surface area contributed by atoms with E-state index in [1.54, 1.807) is 0 Å². The second-order valence-corrected chi connectivity index (χ2v) is 3.61. The van der Waals surface area contributed by atoms with Crippen LogP contribution in [0.1, 0.15) is 13.3 Å². The van der Waals surface area contributed by atoms with Crippen molar-refractivity contribution in [2.75, 3.05) is 0 Å². The molecule has 5 atom stereocenters. The molecule has 4 nitrogen and oxygen atoms in total. The fourth-order valence-electron chi connectivity index (χ4n) is 1.75. The second-order valence-electron chi connectivity index (χ2n) is 3.61. The van der Waals surface area contributed by atoms with Gasteiger partial charge >= 0.3 is 0 Å². The van der Waals surface area contributed by atoms with E-state index in [4.69, 9.17) is 14.9 Å². The topological polar surface area (TPSA) is 69.9 Å². The van der Waals surface area contributed by atoms with Gasteiger partial charge in [0.15, 0.2) is 6.29 Å². The van der Waals surface area contributed by atoms with E-state index < -0.39 is 24.1 Å². The van der Waals surface area contributed by atoms with Gasteiger partial charge in [-0.05, 0) is 13.3 Å². The van der Waals surface area contributed by atoms with Crippen LogP contribution < -0.4 is 0 Å². The highest BCUT2D eigenvalue weighted by molar-refractivity contribution is 5.10. The molecule has 1 saturated heterocycles. The van der Waals surface area contributed by atoms with Crippen LogP contribution in [-0.2, 0) is 4.74 Å². The Hall–Kier alpha value is -0.160. The molecule has 4 heteroatoms. The summed E-state index contributed by atoms with van der Waals surface area (Å²) in [5.41, 5.74) is -0.391. The number of ether oxygens (including phenoxy) is 1. The van der Waals surface area contributed by atoms with Crippen LogP contribution in [0.4, 0.5) is 0 Å². The number of fused-ring (bicyclic) bond motifs is 1. The van der Waals surface area contributed by atoms with Gasteiger partial charge in [0, 0.05) is 5.92 Å². The summed E-state index contributed by atoms with van der Waals surface area (Å²) in [7, 11) is 0. The first kappa shape index (κ1) is 7.49. The Morgan fingerprint density at radius 3 is 2.55 bits per heavy atom. The molecule has 0 bridgehead atoms. The maximum absolute atomic E-state index is 9.33. The molecular weight excluding hydrogens is 148 g/mol. The maximum Gasteiger partial charge on any atom is 0.184 e. The molecule has 0 spiro atoms. The second kappa shape index (κ2) is 1.95.